The minimum atomic E-state index is -1.04. The lowest BCUT2D eigenvalue weighted by Gasteiger charge is -2.18. The Labute approximate surface area is 154 Å². The number of benzene rings is 3. The fraction of sp³-hybridized carbons (Fsp3) is 0.0909. The summed E-state index contributed by atoms with van der Waals surface area (Å²) in [5, 5.41) is 20.6. The summed E-state index contributed by atoms with van der Waals surface area (Å²) in [6.07, 6.45) is 0.523. The molecule has 2 aromatic rings. The van der Waals surface area contributed by atoms with Gasteiger partial charge in [-0.2, -0.15) is 0 Å². The maximum atomic E-state index is 11.9. The van der Waals surface area contributed by atoms with Crippen molar-refractivity contribution in [1.29, 1.82) is 0 Å². The highest BCUT2D eigenvalue weighted by molar-refractivity contribution is 6.08. The third-order valence-electron chi connectivity index (χ3n) is 4.72. The van der Waals surface area contributed by atoms with Crippen LogP contribution in [-0.4, -0.2) is 16.2 Å². The Morgan fingerprint density at radius 3 is 2.56 bits per heavy atom. The minimum Gasteiger partial charge on any atom is -0.508 e. The van der Waals surface area contributed by atoms with E-state index in [-0.39, 0.29) is 16.7 Å². The number of aromatic hydroxyl groups is 1. The highest BCUT2D eigenvalue weighted by atomic mass is 16.4. The van der Waals surface area contributed by atoms with Crippen LogP contribution in [0, 0.1) is 0 Å². The first kappa shape index (κ1) is 16.8. The van der Waals surface area contributed by atoms with Crippen LogP contribution >= 0.6 is 0 Å². The fourth-order valence-electron chi connectivity index (χ4n) is 3.50. The predicted molar refractivity (Wildman–Crippen MR) is 103 cm³/mol. The van der Waals surface area contributed by atoms with E-state index in [1.807, 2.05) is 6.92 Å². The zero-order valence-corrected chi connectivity index (χ0v) is 14.5. The second kappa shape index (κ2) is 6.29. The van der Waals surface area contributed by atoms with Crippen LogP contribution < -0.4 is 5.43 Å². The van der Waals surface area contributed by atoms with Crippen molar-refractivity contribution in [3.63, 3.8) is 0 Å². The molecule has 5 nitrogen and oxygen atoms in total. The average Bonchev–Trinajstić information content (AvgIpc) is 2.66. The molecule has 27 heavy (non-hydrogen) atoms. The minimum absolute atomic E-state index is 0.101. The molecule has 0 bridgehead atoms. The molecule has 2 aliphatic rings. The van der Waals surface area contributed by atoms with E-state index >= 15 is 0 Å². The molecule has 1 heterocycles. The number of aromatic carboxylic acids is 1. The number of aryl methyl sites for hydroxylation is 1. The van der Waals surface area contributed by atoms with E-state index in [1.54, 1.807) is 42.5 Å². The lowest BCUT2D eigenvalue weighted by molar-refractivity contribution is 0.0697. The van der Waals surface area contributed by atoms with Gasteiger partial charge in [0.05, 0.1) is 5.56 Å². The number of carboxylic acids is 1. The van der Waals surface area contributed by atoms with Crippen molar-refractivity contribution >= 4 is 16.9 Å². The van der Waals surface area contributed by atoms with Crippen LogP contribution in [0.5, 0.6) is 5.75 Å². The SMILES string of the molecule is CCc1c(O)ccc2c(-c3ccccc3C(=O)O)c3ccc(=O)cc-3oc12. The first-order valence-corrected chi connectivity index (χ1v) is 8.55. The Balaban J connectivity index is 2.25. The largest absolute Gasteiger partial charge is 0.508 e. The van der Waals surface area contributed by atoms with Gasteiger partial charge in [-0.05, 0) is 42.3 Å². The normalized spacial score (nSPS) is 11.1. The van der Waals surface area contributed by atoms with Crippen LogP contribution in [0.25, 0.3) is 33.4 Å². The van der Waals surface area contributed by atoms with Crippen molar-refractivity contribution in [2.24, 2.45) is 0 Å². The van der Waals surface area contributed by atoms with Crippen LogP contribution in [0.15, 0.2) is 63.8 Å². The number of carboxylic acid groups (broad SMARTS) is 1. The lowest BCUT2D eigenvalue weighted by atomic mass is 9.90. The maximum absolute atomic E-state index is 11.9. The third-order valence-corrected chi connectivity index (χ3v) is 4.72. The number of phenolic OH excluding ortho intramolecular Hbond substituents is 1. The molecule has 134 valence electrons. The molecule has 4 rings (SSSR count). The maximum Gasteiger partial charge on any atom is 0.336 e. The summed E-state index contributed by atoms with van der Waals surface area (Å²) in [5.41, 5.74) is 2.85. The second-order valence-electron chi connectivity index (χ2n) is 6.28. The third kappa shape index (κ3) is 2.64. The molecule has 0 aromatic heterocycles. The molecule has 0 saturated heterocycles. The molecule has 1 aliphatic carbocycles. The highest BCUT2D eigenvalue weighted by Crippen LogP contribution is 2.43. The molecule has 0 spiro atoms. The van der Waals surface area contributed by atoms with Crippen LogP contribution in [0.3, 0.4) is 0 Å². The van der Waals surface area contributed by atoms with E-state index in [4.69, 9.17) is 4.42 Å². The molecule has 2 N–H and O–H groups in total. The lowest BCUT2D eigenvalue weighted by Crippen LogP contribution is -2.03. The molecule has 0 fully saturated rings. The summed E-state index contributed by atoms with van der Waals surface area (Å²) in [4.78, 5) is 23.6. The van der Waals surface area contributed by atoms with Gasteiger partial charge >= 0.3 is 5.97 Å². The Morgan fingerprint density at radius 1 is 1.04 bits per heavy atom. The smallest absolute Gasteiger partial charge is 0.336 e. The molecule has 0 radical (unpaired) electrons. The summed E-state index contributed by atoms with van der Waals surface area (Å²) in [5.74, 6) is -0.586. The van der Waals surface area contributed by atoms with Gasteiger partial charge in [0, 0.05) is 28.1 Å². The number of hydrogen-bond acceptors (Lipinski definition) is 4. The highest BCUT2D eigenvalue weighted by Gasteiger charge is 2.23. The van der Waals surface area contributed by atoms with Gasteiger partial charge < -0.3 is 14.6 Å². The van der Waals surface area contributed by atoms with Crippen molar-refractivity contribution in [3.8, 4) is 28.2 Å². The Kier molecular flexibility index (Phi) is 3.92. The Hall–Kier alpha value is -3.60. The summed E-state index contributed by atoms with van der Waals surface area (Å²) in [6, 6.07) is 14.5. The quantitative estimate of drug-likeness (QED) is 0.524. The van der Waals surface area contributed by atoms with E-state index in [0.717, 1.165) is 0 Å². The van der Waals surface area contributed by atoms with Gasteiger partial charge in [0.2, 0.25) is 0 Å². The molecule has 0 saturated carbocycles. The van der Waals surface area contributed by atoms with Gasteiger partial charge in [0.1, 0.15) is 17.1 Å². The Morgan fingerprint density at radius 2 is 1.81 bits per heavy atom. The Bertz CT molecular complexity index is 1220. The summed E-state index contributed by atoms with van der Waals surface area (Å²) in [6.45, 7) is 1.89. The number of hydrogen-bond donors (Lipinski definition) is 2. The molecular weight excluding hydrogens is 344 g/mol. The van der Waals surface area contributed by atoms with E-state index in [1.165, 1.54) is 12.1 Å². The topological polar surface area (TPSA) is 87.7 Å². The molecule has 0 atom stereocenters. The zero-order chi connectivity index (χ0) is 19.1. The van der Waals surface area contributed by atoms with Gasteiger partial charge in [-0.25, -0.2) is 4.79 Å². The van der Waals surface area contributed by atoms with Crippen LogP contribution in [0.2, 0.25) is 0 Å². The predicted octanol–water partition coefficient (Wildman–Crippen LogP) is 4.53. The van der Waals surface area contributed by atoms with Gasteiger partial charge in [-0.1, -0.05) is 25.1 Å². The van der Waals surface area contributed by atoms with Crippen LogP contribution in [0.1, 0.15) is 22.8 Å². The fourth-order valence-corrected chi connectivity index (χ4v) is 3.50. The van der Waals surface area contributed by atoms with Gasteiger partial charge in [-0.3, -0.25) is 4.79 Å². The van der Waals surface area contributed by atoms with E-state index in [9.17, 15) is 19.8 Å². The van der Waals surface area contributed by atoms with Gasteiger partial charge in [-0.15, -0.1) is 0 Å². The summed E-state index contributed by atoms with van der Waals surface area (Å²) in [7, 11) is 0. The number of phenols is 1. The molecular formula is C22H16O5. The van der Waals surface area contributed by atoms with E-state index in [2.05, 4.69) is 0 Å². The molecule has 0 unspecified atom stereocenters. The van der Waals surface area contributed by atoms with Crippen LogP contribution in [0.4, 0.5) is 0 Å². The molecule has 1 aliphatic heterocycles. The van der Waals surface area contributed by atoms with Crippen molar-refractivity contribution in [2.45, 2.75) is 13.3 Å². The molecule has 0 amide bonds. The van der Waals surface area contributed by atoms with E-state index < -0.39 is 5.97 Å². The number of carbonyl (C=O) groups is 1. The summed E-state index contributed by atoms with van der Waals surface area (Å²) < 4.78 is 5.98. The summed E-state index contributed by atoms with van der Waals surface area (Å²) >= 11 is 0. The monoisotopic (exact) mass is 360 g/mol. The molecule has 5 heteroatoms. The molecule has 2 aromatic carbocycles. The van der Waals surface area contributed by atoms with E-state index in [0.29, 0.717) is 45.4 Å². The first-order valence-electron chi connectivity index (χ1n) is 8.55. The average molecular weight is 360 g/mol. The van der Waals surface area contributed by atoms with Crippen molar-refractivity contribution in [3.05, 3.63) is 75.9 Å². The van der Waals surface area contributed by atoms with Gasteiger partial charge in [0.15, 0.2) is 5.43 Å². The zero-order valence-electron chi connectivity index (χ0n) is 14.5. The van der Waals surface area contributed by atoms with Crippen molar-refractivity contribution in [2.75, 3.05) is 0 Å². The first-order chi connectivity index (χ1) is 13.0. The number of rotatable bonds is 3. The van der Waals surface area contributed by atoms with Crippen LogP contribution in [-0.2, 0) is 6.42 Å². The van der Waals surface area contributed by atoms with Gasteiger partial charge in [0.25, 0.3) is 0 Å². The van der Waals surface area contributed by atoms with Crippen molar-refractivity contribution < 1.29 is 19.4 Å². The van der Waals surface area contributed by atoms with Crippen molar-refractivity contribution in [1.82, 2.24) is 0 Å². The second-order valence-corrected chi connectivity index (χ2v) is 6.28. The number of fused-ring (bicyclic) bond motifs is 2. The standard InChI is InChI=1S/C22H16O5/c1-2-13-18(24)10-9-17-20(14-5-3-4-6-15(14)22(25)26)16-8-7-12(23)11-19(16)27-21(13)17/h3-11,24H,2H2,1H3,(H,25,26).